The first-order chi connectivity index (χ1) is 10.1. The van der Waals surface area contributed by atoms with Crippen LogP contribution in [0.15, 0.2) is 54.6 Å². The lowest BCUT2D eigenvalue weighted by Crippen LogP contribution is -2.41. The molecule has 2 heteroatoms. The minimum Gasteiger partial charge on any atom is -0.198 e. The van der Waals surface area contributed by atoms with E-state index < -0.39 is 8.07 Å². The van der Waals surface area contributed by atoms with Crippen molar-refractivity contribution in [1.82, 2.24) is 0 Å². The zero-order chi connectivity index (χ0) is 15.1. The molecule has 2 aromatic carbocycles. The van der Waals surface area contributed by atoms with Crippen LogP contribution < -0.4 is 5.19 Å². The highest BCUT2D eigenvalue weighted by Crippen LogP contribution is 2.16. The van der Waals surface area contributed by atoms with Gasteiger partial charge in [-0.25, -0.2) is 0 Å². The van der Waals surface area contributed by atoms with E-state index in [2.05, 4.69) is 73.8 Å². The summed E-state index contributed by atoms with van der Waals surface area (Å²) in [7, 11) is -1.36. The van der Waals surface area contributed by atoms with Crippen molar-refractivity contribution in [3.63, 3.8) is 0 Å². The standard InChI is InChI=1S/C19H23NSi/c1-21(2,16-6-9-17-7-4-3-5-8-17)19-12-10-18(11-13-19)14-15-20/h3-5,7-8,10-13H,6,9,14,16H2,1-2H3. The summed E-state index contributed by atoms with van der Waals surface area (Å²) in [6, 6.07) is 23.0. The highest BCUT2D eigenvalue weighted by Gasteiger charge is 2.22. The van der Waals surface area contributed by atoms with Crippen LogP contribution in [0.1, 0.15) is 17.5 Å². The van der Waals surface area contributed by atoms with Crippen molar-refractivity contribution in [2.24, 2.45) is 0 Å². The Balaban J connectivity index is 1.93. The number of nitrogens with zero attached hydrogens (tertiary/aromatic N) is 1. The molecule has 0 aliphatic rings. The van der Waals surface area contributed by atoms with Crippen molar-refractivity contribution in [3.8, 4) is 6.07 Å². The first kappa shape index (κ1) is 15.5. The Morgan fingerprint density at radius 3 is 2.19 bits per heavy atom. The second-order valence-corrected chi connectivity index (χ2v) is 11.1. The van der Waals surface area contributed by atoms with Crippen LogP contribution in [0.5, 0.6) is 0 Å². The third-order valence-electron chi connectivity index (χ3n) is 4.13. The zero-order valence-corrected chi connectivity index (χ0v) is 14.0. The van der Waals surface area contributed by atoms with Gasteiger partial charge < -0.3 is 0 Å². The number of aryl methyl sites for hydroxylation is 1. The molecule has 0 spiro atoms. The van der Waals surface area contributed by atoms with Gasteiger partial charge in [-0.05, 0) is 17.5 Å². The summed E-state index contributed by atoms with van der Waals surface area (Å²) in [5.74, 6) is 0. The van der Waals surface area contributed by atoms with Crippen LogP contribution in [0.4, 0.5) is 0 Å². The van der Waals surface area contributed by atoms with E-state index in [1.807, 2.05) is 0 Å². The molecule has 0 saturated heterocycles. The molecule has 0 fully saturated rings. The Morgan fingerprint density at radius 1 is 0.905 bits per heavy atom. The van der Waals surface area contributed by atoms with E-state index in [1.54, 1.807) is 0 Å². The van der Waals surface area contributed by atoms with E-state index in [4.69, 9.17) is 5.26 Å². The van der Waals surface area contributed by atoms with E-state index in [9.17, 15) is 0 Å². The second-order valence-electron chi connectivity index (χ2n) is 6.25. The highest BCUT2D eigenvalue weighted by atomic mass is 28.3. The smallest absolute Gasteiger partial charge is 0.0806 e. The number of nitriles is 1. The third-order valence-corrected chi connectivity index (χ3v) is 7.63. The predicted octanol–water partition coefficient (Wildman–Crippen LogP) is 4.30. The van der Waals surface area contributed by atoms with Crippen LogP contribution in [0, 0.1) is 11.3 Å². The van der Waals surface area contributed by atoms with Crippen molar-refractivity contribution in [3.05, 3.63) is 65.7 Å². The molecule has 0 N–H and O–H groups in total. The maximum absolute atomic E-state index is 8.73. The van der Waals surface area contributed by atoms with Gasteiger partial charge >= 0.3 is 0 Å². The van der Waals surface area contributed by atoms with E-state index >= 15 is 0 Å². The van der Waals surface area contributed by atoms with E-state index in [1.165, 1.54) is 29.6 Å². The first-order valence-electron chi connectivity index (χ1n) is 7.62. The summed E-state index contributed by atoms with van der Waals surface area (Å²) >= 11 is 0. The fourth-order valence-corrected chi connectivity index (χ4v) is 5.11. The van der Waals surface area contributed by atoms with Gasteiger partial charge in [0.05, 0.1) is 20.6 Å². The molecule has 0 atom stereocenters. The lowest BCUT2D eigenvalue weighted by molar-refractivity contribution is 0.904. The molecule has 0 aromatic heterocycles. The molecule has 0 heterocycles. The molecule has 0 aliphatic carbocycles. The summed E-state index contributed by atoms with van der Waals surface area (Å²) in [4.78, 5) is 0. The topological polar surface area (TPSA) is 23.8 Å². The Morgan fingerprint density at radius 2 is 1.57 bits per heavy atom. The summed E-state index contributed by atoms with van der Waals surface area (Å²) in [6.45, 7) is 4.88. The van der Waals surface area contributed by atoms with Gasteiger partial charge in [0.25, 0.3) is 0 Å². The zero-order valence-electron chi connectivity index (χ0n) is 13.0. The fourth-order valence-electron chi connectivity index (χ4n) is 2.69. The van der Waals surface area contributed by atoms with Crippen LogP contribution in [0.25, 0.3) is 0 Å². The van der Waals surface area contributed by atoms with Crippen LogP contribution in [0.2, 0.25) is 19.1 Å². The summed E-state index contributed by atoms with van der Waals surface area (Å²) in [5, 5.41) is 10.2. The molecule has 108 valence electrons. The lowest BCUT2D eigenvalue weighted by atomic mass is 10.1. The van der Waals surface area contributed by atoms with Gasteiger partial charge in [0.1, 0.15) is 0 Å². The Hall–Kier alpha value is -1.85. The van der Waals surface area contributed by atoms with Gasteiger partial charge in [-0.1, -0.05) is 85.3 Å². The number of hydrogen-bond acceptors (Lipinski definition) is 1. The molecular weight excluding hydrogens is 270 g/mol. The number of hydrogen-bond donors (Lipinski definition) is 0. The summed E-state index contributed by atoms with van der Waals surface area (Å²) < 4.78 is 0. The molecule has 0 amide bonds. The number of rotatable bonds is 6. The average Bonchev–Trinajstić information content (AvgIpc) is 2.49. The molecule has 2 aromatic rings. The molecule has 0 radical (unpaired) electrons. The maximum atomic E-state index is 8.73. The van der Waals surface area contributed by atoms with Crippen molar-refractivity contribution in [2.75, 3.05) is 0 Å². The van der Waals surface area contributed by atoms with Gasteiger partial charge in [-0.2, -0.15) is 5.26 Å². The molecule has 21 heavy (non-hydrogen) atoms. The Kier molecular flexibility index (Phi) is 5.36. The maximum Gasteiger partial charge on any atom is 0.0806 e. The normalized spacial score (nSPS) is 11.1. The van der Waals surface area contributed by atoms with Gasteiger partial charge in [0, 0.05) is 0 Å². The van der Waals surface area contributed by atoms with Crippen molar-refractivity contribution in [1.29, 1.82) is 5.26 Å². The van der Waals surface area contributed by atoms with Gasteiger partial charge in [-0.15, -0.1) is 0 Å². The number of benzene rings is 2. The van der Waals surface area contributed by atoms with Gasteiger partial charge in [-0.3, -0.25) is 0 Å². The minimum absolute atomic E-state index is 0.510. The molecule has 0 saturated carbocycles. The van der Waals surface area contributed by atoms with E-state index in [0.29, 0.717) is 6.42 Å². The van der Waals surface area contributed by atoms with E-state index in [-0.39, 0.29) is 0 Å². The van der Waals surface area contributed by atoms with Crippen LogP contribution in [-0.4, -0.2) is 8.07 Å². The minimum atomic E-state index is -1.36. The molecule has 0 bridgehead atoms. The van der Waals surface area contributed by atoms with E-state index in [0.717, 1.165) is 5.56 Å². The van der Waals surface area contributed by atoms with Gasteiger partial charge in [0.15, 0.2) is 0 Å². The average molecular weight is 293 g/mol. The van der Waals surface area contributed by atoms with Crippen LogP contribution >= 0.6 is 0 Å². The fraction of sp³-hybridized carbons (Fsp3) is 0.316. The Labute approximate surface area is 129 Å². The SMILES string of the molecule is C[Si](C)(CCCc1ccccc1)c1ccc(CC#N)cc1. The third kappa shape index (κ3) is 4.58. The van der Waals surface area contributed by atoms with Crippen LogP contribution in [-0.2, 0) is 12.8 Å². The summed E-state index contributed by atoms with van der Waals surface area (Å²) in [6.07, 6.45) is 2.93. The first-order valence-corrected chi connectivity index (χ1v) is 10.8. The molecule has 0 unspecified atom stereocenters. The molecule has 2 rings (SSSR count). The van der Waals surface area contributed by atoms with Crippen LogP contribution in [0.3, 0.4) is 0 Å². The second kappa shape index (κ2) is 7.24. The molecule has 1 nitrogen and oxygen atoms in total. The quantitative estimate of drug-likeness (QED) is 0.728. The largest absolute Gasteiger partial charge is 0.198 e. The van der Waals surface area contributed by atoms with Crippen molar-refractivity contribution in [2.45, 2.75) is 38.4 Å². The highest BCUT2D eigenvalue weighted by molar-refractivity contribution is 6.89. The summed E-state index contributed by atoms with van der Waals surface area (Å²) in [5.41, 5.74) is 2.56. The lowest BCUT2D eigenvalue weighted by Gasteiger charge is -2.23. The van der Waals surface area contributed by atoms with Crippen molar-refractivity contribution < 1.29 is 0 Å². The predicted molar refractivity (Wildman–Crippen MR) is 92.4 cm³/mol. The monoisotopic (exact) mass is 293 g/mol. The molecule has 0 aliphatic heterocycles. The molecular formula is C19H23NSi. The van der Waals surface area contributed by atoms with Gasteiger partial charge in [0.2, 0.25) is 0 Å². The van der Waals surface area contributed by atoms with Crippen molar-refractivity contribution >= 4 is 13.3 Å². The Bertz CT molecular complexity index is 594.